The van der Waals surface area contributed by atoms with E-state index in [0.29, 0.717) is 6.42 Å². The second-order valence-electron chi connectivity index (χ2n) is 4.28. The van der Waals surface area contributed by atoms with Gasteiger partial charge in [-0.15, -0.1) is 0 Å². The molecule has 0 spiro atoms. The number of hydrogen-bond acceptors (Lipinski definition) is 1. The van der Waals surface area contributed by atoms with Gasteiger partial charge in [-0.2, -0.15) is 0 Å². The third-order valence-electron chi connectivity index (χ3n) is 3.35. The zero-order valence-corrected chi connectivity index (χ0v) is 8.72. The number of aldehydes is 1. The van der Waals surface area contributed by atoms with Crippen molar-refractivity contribution in [2.75, 3.05) is 0 Å². The number of allylic oxidation sites excluding steroid dienone is 4. The smallest absolute Gasteiger partial charge is 0.124 e. The molecule has 1 saturated carbocycles. The Morgan fingerprint density at radius 2 is 2.00 bits per heavy atom. The van der Waals surface area contributed by atoms with E-state index in [9.17, 15) is 4.79 Å². The number of carbonyl (C=O) groups excluding carboxylic acids is 1. The summed E-state index contributed by atoms with van der Waals surface area (Å²) in [5.74, 6) is 0. The summed E-state index contributed by atoms with van der Waals surface area (Å²) in [4.78, 5) is 10.7. The number of carbonyl (C=O) groups is 1. The van der Waals surface area contributed by atoms with E-state index in [1.807, 2.05) is 0 Å². The molecule has 0 saturated heterocycles. The van der Waals surface area contributed by atoms with Gasteiger partial charge in [0.15, 0.2) is 0 Å². The third kappa shape index (κ3) is 1.97. The molecule has 0 aromatic rings. The molecule has 0 atom stereocenters. The van der Waals surface area contributed by atoms with E-state index in [-0.39, 0.29) is 0 Å². The highest BCUT2D eigenvalue weighted by atomic mass is 16.1. The van der Waals surface area contributed by atoms with Crippen molar-refractivity contribution in [1.29, 1.82) is 0 Å². The molecule has 0 radical (unpaired) electrons. The van der Waals surface area contributed by atoms with Crippen LogP contribution in [-0.4, -0.2) is 6.29 Å². The van der Waals surface area contributed by atoms with Crippen molar-refractivity contribution in [2.24, 2.45) is 0 Å². The van der Waals surface area contributed by atoms with Gasteiger partial charge in [0.2, 0.25) is 0 Å². The van der Waals surface area contributed by atoms with E-state index in [2.05, 4.69) is 6.08 Å². The average Bonchev–Trinajstić information content (AvgIpc) is 2.87. The van der Waals surface area contributed by atoms with Gasteiger partial charge in [0.25, 0.3) is 0 Å². The molecule has 2 aliphatic carbocycles. The summed E-state index contributed by atoms with van der Waals surface area (Å²) >= 11 is 0. The van der Waals surface area contributed by atoms with Crippen molar-refractivity contribution in [1.82, 2.24) is 0 Å². The Hall–Kier alpha value is -0.850. The van der Waals surface area contributed by atoms with Crippen LogP contribution in [0.2, 0.25) is 0 Å². The van der Waals surface area contributed by atoms with Crippen LogP contribution in [-0.2, 0) is 4.79 Å². The molecule has 76 valence electrons. The summed E-state index contributed by atoms with van der Waals surface area (Å²) in [7, 11) is 0. The summed E-state index contributed by atoms with van der Waals surface area (Å²) in [6.45, 7) is 0. The Labute approximate surface area is 85.9 Å². The fraction of sp³-hybridized carbons (Fsp3) is 0.615. The molecule has 14 heavy (non-hydrogen) atoms. The topological polar surface area (TPSA) is 17.1 Å². The van der Waals surface area contributed by atoms with Crippen molar-refractivity contribution < 1.29 is 4.79 Å². The molecule has 2 aliphatic rings. The van der Waals surface area contributed by atoms with Crippen molar-refractivity contribution >= 4 is 6.29 Å². The maximum absolute atomic E-state index is 10.7. The molecule has 0 bridgehead atoms. The molecule has 2 rings (SSSR count). The molecule has 0 N–H and O–H groups in total. The second-order valence-corrected chi connectivity index (χ2v) is 4.28. The predicted octanol–water partition coefficient (Wildman–Crippen LogP) is 3.56. The van der Waals surface area contributed by atoms with Crippen molar-refractivity contribution in [3.05, 3.63) is 22.8 Å². The van der Waals surface area contributed by atoms with Crippen LogP contribution in [0.4, 0.5) is 0 Å². The Bertz CT molecular complexity index is 276. The van der Waals surface area contributed by atoms with Crippen LogP contribution in [0.25, 0.3) is 0 Å². The summed E-state index contributed by atoms with van der Waals surface area (Å²) in [6, 6.07) is 0. The van der Waals surface area contributed by atoms with Gasteiger partial charge in [-0.25, -0.2) is 0 Å². The van der Waals surface area contributed by atoms with E-state index >= 15 is 0 Å². The SMILES string of the molecule is O=CCC(C1=CCCC1)=C1CCCC1. The van der Waals surface area contributed by atoms with Crippen molar-refractivity contribution in [2.45, 2.75) is 51.4 Å². The molecule has 0 unspecified atom stereocenters. The lowest BCUT2D eigenvalue weighted by molar-refractivity contribution is -0.107. The van der Waals surface area contributed by atoms with Gasteiger partial charge >= 0.3 is 0 Å². The van der Waals surface area contributed by atoms with Gasteiger partial charge in [0, 0.05) is 6.42 Å². The van der Waals surface area contributed by atoms with Crippen LogP contribution < -0.4 is 0 Å². The van der Waals surface area contributed by atoms with Crippen LogP contribution in [0.1, 0.15) is 51.4 Å². The minimum absolute atomic E-state index is 0.654. The van der Waals surface area contributed by atoms with Gasteiger partial charge in [0.05, 0.1) is 0 Å². The van der Waals surface area contributed by atoms with Crippen molar-refractivity contribution in [3.8, 4) is 0 Å². The van der Waals surface area contributed by atoms with Crippen LogP contribution >= 0.6 is 0 Å². The molecule has 1 heteroatoms. The minimum atomic E-state index is 0.654. The summed E-state index contributed by atoms with van der Waals surface area (Å²) in [6.07, 6.45) is 12.9. The first-order valence-electron chi connectivity index (χ1n) is 5.76. The minimum Gasteiger partial charge on any atom is -0.303 e. The van der Waals surface area contributed by atoms with E-state index in [1.165, 1.54) is 56.1 Å². The molecule has 0 amide bonds. The molecule has 0 heterocycles. The Balaban J connectivity index is 2.21. The van der Waals surface area contributed by atoms with E-state index in [0.717, 1.165) is 6.29 Å². The van der Waals surface area contributed by atoms with Crippen LogP contribution in [0, 0.1) is 0 Å². The largest absolute Gasteiger partial charge is 0.303 e. The number of rotatable bonds is 3. The fourth-order valence-corrected chi connectivity index (χ4v) is 2.63. The van der Waals surface area contributed by atoms with Crippen LogP contribution in [0.15, 0.2) is 22.8 Å². The highest BCUT2D eigenvalue weighted by molar-refractivity contribution is 5.59. The third-order valence-corrected chi connectivity index (χ3v) is 3.35. The summed E-state index contributed by atoms with van der Waals surface area (Å²) < 4.78 is 0. The molecule has 0 aliphatic heterocycles. The highest BCUT2D eigenvalue weighted by Crippen LogP contribution is 2.35. The molecular formula is C13H18O. The first-order chi connectivity index (χ1) is 6.92. The zero-order valence-electron chi connectivity index (χ0n) is 8.72. The van der Waals surface area contributed by atoms with E-state index < -0.39 is 0 Å². The van der Waals surface area contributed by atoms with Gasteiger partial charge in [-0.1, -0.05) is 11.6 Å². The molecule has 0 aromatic heterocycles. The van der Waals surface area contributed by atoms with E-state index in [1.54, 1.807) is 5.57 Å². The zero-order chi connectivity index (χ0) is 9.80. The van der Waals surface area contributed by atoms with Gasteiger partial charge in [0.1, 0.15) is 6.29 Å². The predicted molar refractivity (Wildman–Crippen MR) is 58.1 cm³/mol. The monoisotopic (exact) mass is 190 g/mol. The number of hydrogen-bond donors (Lipinski definition) is 0. The maximum atomic E-state index is 10.7. The first kappa shape index (κ1) is 9.70. The summed E-state index contributed by atoms with van der Waals surface area (Å²) in [5.41, 5.74) is 4.45. The lowest BCUT2D eigenvalue weighted by atomic mass is 9.96. The molecular weight excluding hydrogens is 172 g/mol. The Kier molecular flexibility index (Phi) is 3.18. The van der Waals surface area contributed by atoms with Crippen LogP contribution in [0.5, 0.6) is 0 Å². The molecule has 0 aromatic carbocycles. The summed E-state index contributed by atoms with van der Waals surface area (Å²) in [5, 5.41) is 0. The highest BCUT2D eigenvalue weighted by Gasteiger charge is 2.17. The first-order valence-corrected chi connectivity index (χ1v) is 5.76. The Morgan fingerprint density at radius 3 is 2.57 bits per heavy atom. The van der Waals surface area contributed by atoms with Gasteiger partial charge < -0.3 is 4.79 Å². The van der Waals surface area contributed by atoms with Gasteiger partial charge in [-0.3, -0.25) is 0 Å². The lowest BCUT2D eigenvalue weighted by Crippen LogP contribution is -1.93. The maximum Gasteiger partial charge on any atom is 0.124 e. The van der Waals surface area contributed by atoms with Gasteiger partial charge in [-0.05, 0) is 56.1 Å². The fourth-order valence-electron chi connectivity index (χ4n) is 2.63. The molecule has 1 nitrogen and oxygen atoms in total. The normalized spacial score (nSPS) is 21.1. The second kappa shape index (κ2) is 4.59. The van der Waals surface area contributed by atoms with Crippen LogP contribution in [0.3, 0.4) is 0 Å². The van der Waals surface area contributed by atoms with Crippen molar-refractivity contribution in [3.63, 3.8) is 0 Å². The Morgan fingerprint density at radius 1 is 1.21 bits per heavy atom. The quantitative estimate of drug-likeness (QED) is 0.622. The van der Waals surface area contributed by atoms with E-state index in [4.69, 9.17) is 0 Å². The average molecular weight is 190 g/mol. The molecule has 1 fully saturated rings. The standard InChI is InChI=1S/C13H18O/c14-10-9-13(11-5-1-2-6-11)12-7-3-4-8-12/h5,10H,1-4,6-9H2. The lowest BCUT2D eigenvalue weighted by Gasteiger charge is -2.09.